The SMILES string of the molecule is Cc1cnc(CNc2ncnc3c(C)csc23)o1. The largest absolute Gasteiger partial charge is 0.444 e. The Morgan fingerprint density at radius 3 is 2.94 bits per heavy atom. The molecule has 3 aromatic heterocycles. The van der Waals surface area contributed by atoms with Crippen LogP contribution in [0, 0.1) is 13.8 Å². The van der Waals surface area contributed by atoms with E-state index in [9.17, 15) is 0 Å². The molecule has 0 aliphatic rings. The van der Waals surface area contributed by atoms with Crippen LogP contribution in [0.3, 0.4) is 0 Å². The minimum atomic E-state index is 0.525. The first-order valence-electron chi connectivity index (χ1n) is 5.58. The molecule has 3 rings (SSSR count). The maximum atomic E-state index is 5.41. The molecule has 3 heterocycles. The normalized spacial score (nSPS) is 11.0. The molecule has 0 aromatic carbocycles. The molecule has 18 heavy (non-hydrogen) atoms. The first-order valence-corrected chi connectivity index (χ1v) is 6.46. The molecule has 6 heteroatoms. The van der Waals surface area contributed by atoms with Crippen molar-refractivity contribution in [3.8, 4) is 0 Å². The Morgan fingerprint density at radius 1 is 1.28 bits per heavy atom. The molecule has 0 saturated carbocycles. The molecule has 0 bridgehead atoms. The molecule has 0 fully saturated rings. The van der Waals surface area contributed by atoms with Crippen molar-refractivity contribution in [2.45, 2.75) is 20.4 Å². The van der Waals surface area contributed by atoms with Crippen molar-refractivity contribution in [1.29, 1.82) is 0 Å². The standard InChI is InChI=1S/C12H12N4OS/c1-7-5-18-11-10(7)15-6-16-12(11)14-4-9-13-3-8(2)17-9/h3,5-6H,4H2,1-2H3,(H,14,15,16). The van der Waals surface area contributed by atoms with E-state index in [0.29, 0.717) is 12.4 Å². The van der Waals surface area contributed by atoms with Crippen LogP contribution < -0.4 is 5.32 Å². The smallest absolute Gasteiger partial charge is 0.213 e. The Bertz CT molecular complexity index is 688. The Morgan fingerprint density at radius 2 is 2.17 bits per heavy atom. The van der Waals surface area contributed by atoms with Crippen molar-refractivity contribution in [3.05, 3.63) is 35.1 Å². The van der Waals surface area contributed by atoms with E-state index >= 15 is 0 Å². The first kappa shape index (κ1) is 11.2. The fraction of sp³-hybridized carbons (Fsp3) is 0.250. The van der Waals surface area contributed by atoms with Gasteiger partial charge in [-0.05, 0) is 24.8 Å². The molecule has 0 unspecified atom stereocenters. The predicted octanol–water partition coefficient (Wildman–Crippen LogP) is 2.91. The molecule has 0 spiro atoms. The van der Waals surface area contributed by atoms with Gasteiger partial charge in [-0.1, -0.05) is 0 Å². The fourth-order valence-corrected chi connectivity index (χ4v) is 2.71. The lowest BCUT2D eigenvalue weighted by Crippen LogP contribution is -2.01. The number of rotatable bonds is 3. The summed E-state index contributed by atoms with van der Waals surface area (Å²) < 4.78 is 6.48. The van der Waals surface area contributed by atoms with Gasteiger partial charge in [0, 0.05) is 0 Å². The van der Waals surface area contributed by atoms with Crippen molar-refractivity contribution in [3.63, 3.8) is 0 Å². The zero-order valence-electron chi connectivity index (χ0n) is 10.1. The summed E-state index contributed by atoms with van der Waals surface area (Å²) in [4.78, 5) is 12.7. The third-order valence-corrected chi connectivity index (χ3v) is 3.70. The quantitative estimate of drug-likeness (QED) is 0.784. The number of hydrogen-bond acceptors (Lipinski definition) is 6. The van der Waals surface area contributed by atoms with Gasteiger partial charge < -0.3 is 9.73 Å². The van der Waals surface area contributed by atoms with Crippen LogP contribution in [0.2, 0.25) is 0 Å². The van der Waals surface area contributed by atoms with Crippen molar-refractivity contribution in [2.75, 3.05) is 5.32 Å². The molecule has 92 valence electrons. The van der Waals surface area contributed by atoms with Gasteiger partial charge in [-0.15, -0.1) is 11.3 Å². The van der Waals surface area contributed by atoms with Crippen LogP contribution in [0.5, 0.6) is 0 Å². The molecule has 5 nitrogen and oxygen atoms in total. The van der Waals surface area contributed by atoms with Crippen LogP contribution in [0.1, 0.15) is 17.2 Å². The van der Waals surface area contributed by atoms with Gasteiger partial charge in [0.25, 0.3) is 0 Å². The number of thiophene rings is 1. The van der Waals surface area contributed by atoms with E-state index in [-0.39, 0.29) is 0 Å². The van der Waals surface area contributed by atoms with Gasteiger partial charge in [0.15, 0.2) is 0 Å². The third kappa shape index (κ3) is 1.95. The molecule has 0 radical (unpaired) electrons. The van der Waals surface area contributed by atoms with Crippen molar-refractivity contribution in [1.82, 2.24) is 15.0 Å². The molecular formula is C12H12N4OS. The maximum absolute atomic E-state index is 5.41. The topological polar surface area (TPSA) is 63.8 Å². The summed E-state index contributed by atoms with van der Waals surface area (Å²) in [5.41, 5.74) is 2.17. The molecule has 1 N–H and O–H groups in total. The summed E-state index contributed by atoms with van der Waals surface area (Å²) in [6, 6.07) is 0. The van der Waals surface area contributed by atoms with Gasteiger partial charge in [0.05, 0.1) is 23.0 Å². The Labute approximate surface area is 108 Å². The fourth-order valence-electron chi connectivity index (χ4n) is 1.74. The van der Waals surface area contributed by atoms with E-state index in [1.165, 1.54) is 5.56 Å². The summed E-state index contributed by atoms with van der Waals surface area (Å²) >= 11 is 1.64. The second-order valence-electron chi connectivity index (χ2n) is 4.04. The van der Waals surface area contributed by atoms with Gasteiger partial charge >= 0.3 is 0 Å². The van der Waals surface area contributed by atoms with Gasteiger partial charge in [-0.2, -0.15) is 0 Å². The lowest BCUT2D eigenvalue weighted by Gasteiger charge is -2.03. The Balaban J connectivity index is 1.86. The monoisotopic (exact) mass is 260 g/mol. The average Bonchev–Trinajstić information content (AvgIpc) is 2.94. The number of nitrogens with zero attached hydrogens (tertiary/aromatic N) is 3. The Hall–Kier alpha value is -1.95. The number of fused-ring (bicyclic) bond motifs is 1. The lowest BCUT2D eigenvalue weighted by atomic mass is 10.3. The van der Waals surface area contributed by atoms with E-state index in [4.69, 9.17) is 4.42 Å². The molecule has 0 aliphatic heterocycles. The van der Waals surface area contributed by atoms with Crippen LogP contribution in [0.15, 0.2) is 22.3 Å². The van der Waals surface area contributed by atoms with Crippen LogP contribution in [0.25, 0.3) is 10.2 Å². The van der Waals surface area contributed by atoms with Crippen LogP contribution in [-0.2, 0) is 6.54 Å². The zero-order valence-corrected chi connectivity index (χ0v) is 10.9. The molecular weight excluding hydrogens is 248 g/mol. The molecule has 3 aromatic rings. The minimum Gasteiger partial charge on any atom is -0.444 e. The molecule has 0 aliphatic carbocycles. The van der Waals surface area contributed by atoms with Gasteiger partial charge in [0.1, 0.15) is 17.9 Å². The highest BCUT2D eigenvalue weighted by atomic mass is 32.1. The maximum Gasteiger partial charge on any atom is 0.213 e. The highest BCUT2D eigenvalue weighted by Gasteiger charge is 2.08. The van der Waals surface area contributed by atoms with Gasteiger partial charge in [-0.3, -0.25) is 0 Å². The van der Waals surface area contributed by atoms with Crippen molar-refractivity contribution in [2.24, 2.45) is 0 Å². The molecule has 0 saturated heterocycles. The minimum absolute atomic E-state index is 0.525. The van der Waals surface area contributed by atoms with E-state index in [0.717, 1.165) is 21.8 Å². The highest BCUT2D eigenvalue weighted by molar-refractivity contribution is 7.18. The van der Waals surface area contributed by atoms with Crippen LogP contribution in [-0.4, -0.2) is 15.0 Å². The number of oxazole rings is 1. The summed E-state index contributed by atoms with van der Waals surface area (Å²) in [6.45, 7) is 4.45. The Kier molecular flexibility index (Phi) is 2.71. The number of aromatic nitrogens is 3. The van der Waals surface area contributed by atoms with E-state index in [2.05, 4.69) is 25.6 Å². The predicted molar refractivity (Wildman–Crippen MR) is 70.7 cm³/mol. The second kappa shape index (κ2) is 4.38. The number of nitrogens with one attached hydrogen (secondary N) is 1. The van der Waals surface area contributed by atoms with Crippen LogP contribution >= 0.6 is 11.3 Å². The number of anilines is 1. The summed E-state index contributed by atoms with van der Waals surface area (Å²) in [5, 5.41) is 5.32. The van der Waals surface area contributed by atoms with E-state index < -0.39 is 0 Å². The second-order valence-corrected chi connectivity index (χ2v) is 4.92. The van der Waals surface area contributed by atoms with Crippen molar-refractivity contribution >= 4 is 27.4 Å². The van der Waals surface area contributed by atoms with E-state index in [1.54, 1.807) is 23.9 Å². The average molecular weight is 260 g/mol. The third-order valence-electron chi connectivity index (χ3n) is 2.61. The zero-order chi connectivity index (χ0) is 12.5. The van der Waals surface area contributed by atoms with Gasteiger partial charge in [0.2, 0.25) is 5.89 Å². The van der Waals surface area contributed by atoms with Crippen molar-refractivity contribution < 1.29 is 4.42 Å². The highest BCUT2D eigenvalue weighted by Crippen LogP contribution is 2.28. The van der Waals surface area contributed by atoms with E-state index in [1.807, 2.05) is 13.8 Å². The summed E-state index contributed by atoms with van der Waals surface area (Å²) in [5.74, 6) is 2.30. The molecule has 0 atom stereocenters. The number of hydrogen-bond donors (Lipinski definition) is 1. The lowest BCUT2D eigenvalue weighted by molar-refractivity contribution is 0.479. The summed E-state index contributed by atoms with van der Waals surface area (Å²) in [7, 11) is 0. The van der Waals surface area contributed by atoms with Crippen LogP contribution in [0.4, 0.5) is 5.82 Å². The number of aryl methyl sites for hydroxylation is 2. The summed E-state index contributed by atoms with van der Waals surface area (Å²) in [6.07, 6.45) is 3.28. The van der Waals surface area contributed by atoms with Gasteiger partial charge in [-0.25, -0.2) is 15.0 Å². The molecule has 0 amide bonds. The first-order chi connectivity index (χ1) is 8.74.